The largest absolute Gasteiger partial charge is 0.322 e. The Balaban J connectivity index is 2.67. The van der Waals surface area contributed by atoms with E-state index in [0.29, 0.717) is 0 Å². The number of benzene rings is 1. The van der Waals surface area contributed by atoms with Gasteiger partial charge in [-0.2, -0.15) is 0 Å². The van der Waals surface area contributed by atoms with Crippen molar-refractivity contribution in [1.29, 1.82) is 0 Å². The van der Waals surface area contributed by atoms with E-state index in [1.54, 1.807) is 6.07 Å². The summed E-state index contributed by atoms with van der Waals surface area (Å²) in [5, 5.41) is 2.36. The third-order valence-corrected chi connectivity index (χ3v) is 1.81. The Hall–Kier alpha value is -1.86. The smallest absolute Gasteiger partial charge is 0.242 e. The molecule has 0 fully saturated rings. The molecular formula is C11H11FN2O. The molecule has 15 heavy (non-hydrogen) atoms. The van der Waals surface area contributed by atoms with Crippen LogP contribution in [0, 0.1) is 18.2 Å². The molecule has 4 heteroatoms. The van der Waals surface area contributed by atoms with Crippen LogP contribution >= 0.6 is 0 Å². The minimum absolute atomic E-state index is 0.106. The van der Waals surface area contributed by atoms with Crippen molar-refractivity contribution in [2.75, 3.05) is 5.32 Å². The predicted molar refractivity (Wildman–Crippen MR) is 56.5 cm³/mol. The molecule has 0 saturated heterocycles. The summed E-state index contributed by atoms with van der Waals surface area (Å²) in [5.41, 5.74) is 5.56. The minimum atomic E-state index is -0.811. The standard InChI is InChI=1S/C11H11FN2O/c1-2-5-9(13)11(15)14-10-7-4-3-6-8(10)12/h1,3-4,6-7,9H,5,13H2,(H,14,15). The molecule has 1 aromatic carbocycles. The maximum absolute atomic E-state index is 13.1. The lowest BCUT2D eigenvalue weighted by Gasteiger charge is -2.09. The second-order valence-electron chi connectivity index (χ2n) is 2.98. The molecule has 1 rings (SSSR count). The average Bonchev–Trinajstić information content (AvgIpc) is 2.21. The van der Waals surface area contributed by atoms with Gasteiger partial charge in [-0.15, -0.1) is 12.3 Å². The lowest BCUT2D eigenvalue weighted by molar-refractivity contribution is -0.117. The highest BCUT2D eigenvalue weighted by atomic mass is 19.1. The van der Waals surface area contributed by atoms with Crippen LogP contribution in [0.15, 0.2) is 24.3 Å². The molecule has 0 saturated carbocycles. The fourth-order valence-corrected chi connectivity index (χ4v) is 1.01. The second-order valence-corrected chi connectivity index (χ2v) is 2.98. The molecule has 0 aliphatic rings. The molecule has 3 N–H and O–H groups in total. The Bertz CT molecular complexity index is 398. The van der Waals surface area contributed by atoms with Crippen molar-refractivity contribution in [3.05, 3.63) is 30.1 Å². The van der Waals surface area contributed by atoms with E-state index in [2.05, 4.69) is 11.2 Å². The van der Waals surface area contributed by atoms with Gasteiger partial charge < -0.3 is 11.1 Å². The fraction of sp³-hybridized carbons (Fsp3) is 0.182. The highest BCUT2D eigenvalue weighted by Gasteiger charge is 2.13. The number of carbonyl (C=O) groups is 1. The van der Waals surface area contributed by atoms with Gasteiger partial charge in [-0.1, -0.05) is 12.1 Å². The summed E-state index contributed by atoms with van der Waals surface area (Å²) in [6.07, 6.45) is 5.13. The number of halogens is 1. The van der Waals surface area contributed by atoms with E-state index in [0.717, 1.165) is 0 Å². The van der Waals surface area contributed by atoms with E-state index >= 15 is 0 Å². The van der Waals surface area contributed by atoms with E-state index in [9.17, 15) is 9.18 Å². The lowest BCUT2D eigenvalue weighted by atomic mass is 10.2. The Morgan fingerprint density at radius 3 is 2.87 bits per heavy atom. The summed E-state index contributed by atoms with van der Waals surface area (Å²) in [6.45, 7) is 0. The van der Waals surface area contributed by atoms with E-state index in [1.165, 1.54) is 18.2 Å². The molecule has 0 aliphatic carbocycles. The van der Waals surface area contributed by atoms with Crippen LogP contribution < -0.4 is 11.1 Å². The number of amides is 1. The van der Waals surface area contributed by atoms with Crippen molar-refractivity contribution in [2.45, 2.75) is 12.5 Å². The Labute approximate surface area is 87.5 Å². The van der Waals surface area contributed by atoms with Gasteiger partial charge in [-0.05, 0) is 12.1 Å². The number of para-hydroxylation sites is 1. The monoisotopic (exact) mass is 206 g/mol. The summed E-state index contributed by atoms with van der Waals surface area (Å²) in [7, 11) is 0. The molecule has 1 unspecified atom stereocenters. The van der Waals surface area contributed by atoms with Crippen molar-refractivity contribution >= 4 is 11.6 Å². The first-order valence-corrected chi connectivity index (χ1v) is 4.39. The zero-order valence-electron chi connectivity index (χ0n) is 8.03. The van der Waals surface area contributed by atoms with E-state index in [-0.39, 0.29) is 12.1 Å². The summed E-state index contributed by atoms with van der Waals surface area (Å²) >= 11 is 0. The van der Waals surface area contributed by atoms with Crippen molar-refractivity contribution in [2.24, 2.45) is 5.73 Å². The summed E-state index contributed by atoms with van der Waals surface area (Å²) in [4.78, 5) is 11.4. The first-order valence-electron chi connectivity index (χ1n) is 4.39. The molecule has 78 valence electrons. The van der Waals surface area contributed by atoms with Gasteiger partial charge in [0.15, 0.2) is 0 Å². The van der Waals surface area contributed by atoms with Gasteiger partial charge in [-0.3, -0.25) is 4.79 Å². The Morgan fingerprint density at radius 2 is 2.27 bits per heavy atom. The van der Waals surface area contributed by atoms with Crippen LogP contribution in [0.5, 0.6) is 0 Å². The number of hydrogen-bond acceptors (Lipinski definition) is 2. The van der Waals surface area contributed by atoms with Crippen LogP contribution in [0.1, 0.15) is 6.42 Å². The molecule has 0 spiro atoms. The van der Waals surface area contributed by atoms with Crippen LogP contribution in [0.25, 0.3) is 0 Å². The molecular weight excluding hydrogens is 195 g/mol. The van der Waals surface area contributed by atoms with Crippen molar-refractivity contribution in [3.63, 3.8) is 0 Å². The number of hydrogen-bond donors (Lipinski definition) is 2. The van der Waals surface area contributed by atoms with Gasteiger partial charge in [0.25, 0.3) is 0 Å². The predicted octanol–water partition coefficient (Wildman–Crippen LogP) is 1.11. The van der Waals surface area contributed by atoms with Gasteiger partial charge in [0, 0.05) is 6.42 Å². The van der Waals surface area contributed by atoms with E-state index in [4.69, 9.17) is 12.2 Å². The van der Waals surface area contributed by atoms with Crippen molar-refractivity contribution in [1.82, 2.24) is 0 Å². The van der Waals surface area contributed by atoms with Gasteiger partial charge in [0.05, 0.1) is 11.7 Å². The van der Waals surface area contributed by atoms with Gasteiger partial charge in [0.2, 0.25) is 5.91 Å². The first kappa shape index (κ1) is 11.2. The third-order valence-electron chi connectivity index (χ3n) is 1.81. The molecule has 0 aliphatic heterocycles. The number of carbonyl (C=O) groups excluding carboxylic acids is 1. The molecule has 3 nitrogen and oxygen atoms in total. The number of nitrogens with one attached hydrogen (secondary N) is 1. The maximum atomic E-state index is 13.1. The van der Waals surface area contributed by atoms with Gasteiger partial charge in [-0.25, -0.2) is 4.39 Å². The van der Waals surface area contributed by atoms with Crippen LogP contribution in [-0.2, 0) is 4.79 Å². The van der Waals surface area contributed by atoms with Gasteiger partial charge in [0.1, 0.15) is 5.82 Å². The average molecular weight is 206 g/mol. The second kappa shape index (κ2) is 5.13. The van der Waals surface area contributed by atoms with Crippen LogP contribution in [0.4, 0.5) is 10.1 Å². The van der Waals surface area contributed by atoms with Crippen LogP contribution in [-0.4, -0.2) is 11.9 Å². The quantitative estimate of drug-likeness (QED) is 0.728. The Morgan fingerprint density at radius 1 is 1.60 bits per heavy atom. The molecule has 1 atom stereocenters. The molecule has 0 bridgehead atoms. The highest BCUT2D eigenvalue weighted by molar-refractivity contribution is 5.94. The molecule has 1 amide bonds. The molecule has 0 aromatic heterocycles. The van der Waals surface area contributed by atoms with E-state index in [1.807, 2.05) is 0 Å². The molecule has 0 radical (unpaired) electrons. The fourth-order valence-electron chi connectivity index (χ4n) is 1.01. The lowest BCUT2D eigenvalue weighted by Crippen LogP contribution is -2.35. The summed E-state index contributed by atoms with van der Waals surface area (Å²) in [6, 6.07) is 5.05. The van der Waals surface area contributed by atoms with Gasteiger partial charge >= 0.3 is 0 Å². The Kier molecular flexibility index (Phi) is 3.83. The van der Waals surface area contributed by atoms with E-state index < -0.39 is 17.8 Å². The van der Waals surface area contributed by atoms with Crippen molar-refractivity contribution in [3.8, 4) is 12.3 Å². The zero-order chi connectivity index (χ0) is 11.3. The van der Waals surface area contributed by atoms with Crippen LogP contribution in [0.2, 0.25) is 0 Å². The third kappa shape index (κ3) is 3.08. The summed E-state index contributed by atoms with van der Waals surface area (Å²) in [5.74, 6) is 1.28. The molecule has 0 heterocycles. The maximum Gasteiger partial charge on any atom is 0.242 e. The number of nitrogens with two attached hydrogens (primary N) is 1. The highest BCUT2D eigenvalue weighted by Crippen LogP contribution is 2.12. The zero-order valence-corrected chi connectivity index (χ0v) is 8.03. The minimum Gasteiger partial charge on any atom is -0.322 e. The normalized spacial score (nSPS) is 11.5. The summed E-state index contributed by atoms with van der Waals surface area (Å²) < 4.78 is 13.1. The SMILES string of the molecule is C#CCC(N)C(=O)Nc1ccccc1F. The number of terminal acetylenes is 1. The number of rotatable bonds is 3. The number of anilines is 1. The van der Waals surface area contributed by atoms with Crippen LogP contribution in [0.3, 0.4) is 0 Å². The first-order chi connectivity index (χ1) is 7.15. The topological polar surface area (TPSA) is 55.1 Å². The molecule has 1 aromatic rings. The van der Waals surface area contributed by atoms with Crippen molar-refractivity contribution < 1.29 is 9.18 Å².